The van der Waals surface area contributed by atoms with Crippen LogP contribution in [0.4, 0.5) is 4.39 Å². The molecule has 1 saturated heterocycles. The highest BCUT2D eigenvalue weighted by atomic mass is 35.5. The second-order valence-electron chi connectivity index (χ2n) is 3.22. The van der Waals surface area contributed by atoms with Gasteiger partial charge in [-0.05, 0) is 24.6 Å². The normalized spacial score (nSPS) is 15.7. The van der Waals surface area contributed by atoms with Gasteiger partial charge in [0.05, 0.1) is 23.7 Å². The van der Waals surface area contributed by atoms with Gasteiger partial charge in [-0.15, -0.1) is 0 Å². The summed E-state index contributed by atoms with van der Waals surface area (Å²) in [6.45, 7) is 1.08. The van der Waals surface area contributed by atoms with Gasteiger partial charge < -0.3 is 0 Å². The molecule has 1 aliphatic rings. The molecule has 0 aromatic heterocycles. The second-order valence-corrected chi connectivity index (χ2v) is 3.63. The van der Waals surface area contributed by atoms with Crippen LogP contribution in [0.1, 0.15) is 16.8 Å². The third-order valence-electron chi connectivity index (χ3n) is 2.14. The molecule has 1 aromatic rings. The SMILES string of the molecule is O=C(c1ccc(F)cc1Cl)N1CCCO1. The summed E-state index contributed by atoms with van der Waals surface area (Å²) in [6.07, 6.45) is 0.810. The molecular weight excluding hydrogens is 221 g/mol. The first-order valence-corrected chi connectivity index (χ1v) is 4.96. The average Bonchev–Trinajstić information content (AvgIpc) is 2.69. The molecule has 1 aliphatic heterocycles. The summed E-state index contributed by atoms with van der Waals surface area (Å²) in [7, 11) is 0. The number of benzene rings is 1. The largest absolute Gasteiger partial charge is 0.278 e. The minimum Gasteiger partial charge on any atom is -0.271 e. The summed E-state index contributed by atoms with van der Waals surface area (Å²) in [6, 6.07) is 3.68. The van der Waals surface area contributed by atoms with Crippen LogP contribution in [0.2, 0.25) is 5.02 Å². The van der Waals surface area contributed by atoms with Crippen LogP contribution in [-0.2, 0) is 4.84 Å². The zero-order chi connectivity index (χ0) is 10.8. The maximum atomic E-state index is 12.7. The van der Waals surface area contributed by atoms with Crippen molar-refractivity contribution in [1.82, 2.24) is 5.06 Å². The van der Waals surface area contributed by atoms with Crippen molar-refractivity contribution in [2.45, 2.75) is 6.42 Å². The molecule has 2 rings (SSSR count). The van der Waals surface area contributed by atoms with E-state index in [4.69, 9.17) is 16.4 Å². The number of halogens is 2. The van der Waals surface area contributed by atoms with E-state index in [2.05, 4.69) is 0 Å². The van der Waals surface area contributed by atoms with Crippen molar-refractivity contribution >= 4 is 17.5 Å². The van der Waals surface area contributed by atoms with E-state index in [0.29, 0.717) is 13.2 Å². The first kappa shape index (κ1) is 10.4. The molecular formula is C10H9ClFNO2. The van der Waals surface area contributed by atoms with E-state index in [1.165, 1.54) is 17.2 Å². The molecule has 0 atom stereocenters. The Kier molecular flexibility index (Phi) is 2.88. The molecule has 0 saturated carbocycles. The highest BCUT2D eigenvalue weighted by Crippen LogP contribution is 2.20. The van der Waals surface area contributed by atoms with Gasteiger partial charge in [-0.1, -0.05) is 11.6 Å². The molecule has 1 amide bonds. The van der Waals surface area contributed by atoms with Crippen LogP contribution in [0, 0.1) is 5.82 Å². The van der Waals surface area contributed by atoms with Crippen LogP contribution in [0.5, 0.6) is 0 Å². The summed E-state index contributed by atoms with van der Waals surface area (Å²) in [5, 5.41) is 1.36. The fraction of sp³-hybridized carbons (Fsp3) is 0.300. The first-order valence-electron chi connectivity index (χ1n) is 4.58. The van der Waals surface area contributed by atoms with Crippen LogP contribution in [0.3, 0.4) is 0 Å². The summed E-state index contributed by atoms with van der Waals surface area (Å²) in [5.41, 5.74) is 0.264. The monoisotopic (exact) mass is 229 g/mol. The van der Waals surface area contributed by atoms with E-state index in [0.717, 1.165) is 12.5 Å². The number of nitrogens with zero attached hydrogens (tertiary/aromatic N) is 1. The summed E-state index contributed by atoms with van der Waals surface area (Å²) < 4.78 is 12.7. The molecule has 0 bridgehead atoms. The summed E-state index contributed by atoms with van der Waals surface area (Å²) in [5.74, 6) is -0.781. The molecule has 1 heterocycles. The predicted octanol–water partition coefficient (Wildman–Crippen LogP) is 2.26. The van der Waals surface area contributed by atoms with E-state index >= 15 is 0 Å². The van der Waals surface area contributed by atoms with Crippen LogP contribution >= 0.6 is 11.6 Å². The average molecular weight is 230 g/mol. The first-order chi connectivity index (χ1) is 7.18. The van der Waals surface area contributed by atoms with Gasteiger partial charge in [0.2, 0.25) is 0 Å². The van der Waals surface area contributed by atoms with Gasteiger partial charge >= 0.3 is 0 Å². The number of amides is 1. The highest BCUT2D eigenvalue weighted by molar-refractivity contribution is 6.33. The third kappa shape index (κ3) is 2.11. The molecule has 0 unspecified atom stereocenters. The Morgan fingerprint density at radius 3 is 2.93 bits per heavy atom. The third-order valence-corrected chi connectivity index (χ3v) is 2.45. The zero-order valence-corrected chi connectivity index (χ0v) is 8.63. The minimum absolute atomic E-state index is 0.107. The Hall–Kier alpha value is -1.13. The molecule has 1 aromatic carbocycles. The molecule has 0 spiro atoms. The highest BCUT2D eigenvalue weighted by Gasteiger charge is 2.22. The maximum absolute atomic E-state index is 12.7. The van der Waals surface area contributed by atoms with Crippen LogP contribution in [0.25, 0.3) is 0 Å². The Labute approximate surface area is 91.3 Å². The van der Waals surface area contributed by atoms with Gasteiger partial charge in [-0.3, -0.25) is 9.63 Å². The van der Waals surface area contributed by atoms with Gasteiger partial charge in [0, 0.05) is 0 Å². The number of carbonyl (C=O) groups excluding carboxylic acids is 1. The number of carbonyl (C=O) groups is 1. The Bertz CT molecular complexity index is 391. The molecule has 0 N–H and O–H groups in total. The number of hydrogen-bond donors (Lipinski definition) is 0. The smallest absolute Gasteiger partial charge is 0.271 e. The van der Waals surface area contributed by atoms with Crippen molar-refractivity contribution in [2.24, 2.45) is 0 Å². The van der Waals surface area contributed by atoms with Crippen molar-refractivity contribution in [2.75, 3.05) is 13.2 Å². The predicted molar refractivity (Wildman–Crippen MR) is 53.0 cm³/mol. The van der Waals surface area contributed by atoms with Crippen molar-refractivity contribution in [1.29, 1.82) is 0 Å². The number of hydroxylamine groups is 2. The number of rotatable bonds is 1. The van der Waals surface area contributed by atoms with Gasteiger partial charge in [0.25, 0.3) is 5.91 Å². The van der Waals surface area contributed by atoms with Crippen molar-refractivity contribution in [3.8, 4) is 0 Å². The Morgan fingerprint density at radius 2 is 2.33 bits per heavy atom. The van der Waals surface area contributed by atoms with Crippen molar-refractivity contribution < 1.29 is 14.0 Å². The zero-order valence-electron chi connectivity index (χ0n) is 7.87. The lowest BCUT2D eigenvalue weighted by molar-refractivity contribution is -0.0768. The lowest BCUT2D eigenvalue weighted by atomic mass is 10.2. The quantitative estimate of drug-likeness (QED) is 0.739. The summed E-state index contributed by atoms with van der Waals surface area (Å²) >= 11 is 5.76. The Balaban J connectivity index is 2.24. The molecule has 3 nitrogen and oxygen atoms in total. The lowest BCUT2D eigenvalue weighted by Gasteiger charge is -2.14. The number of hydrogen-bond acceptors (Lipinski definition) is 2. The fourth-order valence-corrected chi connectivity index (χ4v) is 1.65. The molecule has 80 valence electrons. The maximum Gasteiger partial charge on any atom is 0.278 e. The molecule has 15 heavy (non-hydrogen) atoms. The van der Waals surface area contributed by atoms with Gasteiger partial charge in [-0.2, -0.15) is 0 Å². The van der Waals surface area contributed by atoms with Gasteiger partial charge in [-0.25, -0.2) is 9.45 Å². The van der Waals surface area contributed by atoms with Crippen molar-refractivity contribution in [3.05, 3.63) is 34.6 Å². The molecule has 0 radical (unpaired) electrons. The second kappa shape index (κ2) is 4.16. The van der Waals surface area contributed by atoms with E-state index in [1.807, 2.05) is 0 Å². The van der Waals surface area contributed by atoms with Gasteiger partial charge in [0.1, 0.15) is 5.82 Å². The van der Waals surface area contributed by atoms with Crippen LogP contribution in [-0.4, -0.2) is 24.1 Å². The van der Waals surface area contributed by atoms with Gasteiger partial charge in [0.15, 0.2) is 0 Å². The van der Waals surface area contributed by atoms with E-state index in [1.54, 1.807) is 0 Å². The summed E-state index contributed by atoms with van der Waals surface area (Å²) in [4.78, 5) is 16.9. The van der Waals surface area contributed by atoms with Crippen LogP contribution in [0.15, 0.2) is 18.2 Å². The standard InChI is InChI=1S/C10H9ClFNO2/c11-9-6-7(12)2-3-8(9)10(14)13-4-1-5-15-13/h2-3,6H,1,4-5H2. The topological polar surface area (TPSA) is 29.5 Å². The van der Waals surface area contributed by atoms with E-state index in [9.17, 15) is 9.18 Å². The molecule has 1 fully saturated rings. The van der Waals surface area contributed by atoms with Crippen LogP contribution < -0.4 is 0 Å². The van der Waals surface area contributed by atoms with E-state index < -0.39 is 5.82 Å². The molecule has 5 heteroatoms. The minimum atomic E-state index is -0.459. The Morgan fingerprint density at radius 1 is 1.53 bits per heavy atom. The fourth-order valence-electron chi connectivity index (χ4n) is 1.40. The van der Waals surface area contributed by atoms with E-state index in [-0.39, 0.29) is 16.5 Å². The van der Waals surface area contributed by atoms with Crippen molar-refractivity contribution in [3.63, 3.8) is 0 Å². The lowest BCUT2D eigenvalue weighted by Crippen LogP contribution is -2.26. The molecule has 0 aliphatic carbocycles.